The van der Waals surface area contributed by atoms with Crippen LogP contribution in [0.5, 0.6) is 0 Å². The molecule has 1 heterocycles. The van der Waals surface area contributed by atoms with Crippen LogP contribution in [-0.4, -0.2) is 9.97 Å². The average molecular weight is 263 g/mol. The van der Waals surface area contributed by atoms with Gasteiger partial charge in [-0.25, -0.2) is 14.4 Å². The second kappa shape index (κ2) is 5.35. The summed E-state index contributed by atoms with van der Waals surface area (Å²) in [5.41, 5.74) is 6.72. The number of anilines is 1. The van der Waals surface area contributed by atoms with Gasteiger partial charge in [-0.2, -0.15) is 0 Å². The predicted molar refractivity (Wildman–Crippen MR) is 71.1 cm³/mol. The van der Waals surface area contributed by atoms with Crippen molar-refractivity contribution in [3.8, 4) is 0 Å². The Hall–Kier alpha value is -1.62. The first-order chi connectivity index (χ1) is 8.59. The lowest BCUT2D eigenvalue weighted by molar-refractivity contribution is 0.601. The molecular formula is C13H14FN3S. The lowest BCUT2D eigenvalue weighted by atomic mass is 10.1. The molecule has 1 aromatic heterocycles. The van der Waals surface area contributed by atoms with Crippen molar-refractivity contribution in [1.82, 2.24) is 9.97 Å². The molecule has 0 unspecified atom stereocenters. The number of nitrogens with zero attached hydrogens (tertiary/aromatic N) is 2. The van der Waals surface area contributed by atoms with Gasteiger partial charge in [0.2, 0.25) is 0 Å². The smallest absolute Gasteiger partial charge is 0.137 e. The Kier molecular flexibility index (Phi) is 3.81. The summed E-state index contributed by atoms with van der Waals surface area (Å²) < 4.78 is 13.6. The molecule has 3 nitrogen and oxygen atoms in total. The third-order valence-electron chi connectivity index (χ3n) is 2.50. The van der Waals surface area contributed by atoms with Crippen LogP contribution in [0.3, 0.4) is 0 Å². The van der Waals surface area contributed by atoms with E-state index >= 15 is 0 Å². The van der Waals surface area contributed by atoms with Gasteiger partial charge < -0.3 is 5.73 Å². The fourth-order valence-electron chi connectivity index (χ4n) is 1.65. The van der Waals surface area contributed by atoms with Gasteiger partial charge in [-0.1, -0.05) is 37.7 Å². The Balaban J connectivity index is 2.41. The molecule has 2 aromatic rings. The molecule has 1 aromatic carbocycles. The fraction of sp³-hybridized carbons (Fsp3) is 0.231. The number of aromatic nitrogens is 2. The van der Waals surface area contributed by atoms with Crippen LogP contribution in [-0.2, 0) is 0 Å². The zero-order chi connectivity index (χ0) is 13.1. The van der Waals surface area contributed by atoms with E-state index in [1.165, 1.54) is 24.2 Å². The second-order valence-electron chi connectivity index (χ2n) is 4.16. The second-order valence-corrected chi connectivity index (χ2v) is 5.20. The quantitative estimate of drug-likeness (QED) is 0.861. The summed E-state index contributed by atoms with van der Waals surface area (Å²) in [7, 11) is 0. The number of rotatable bonds is 3. The standard InChI is InChI=1S/C13H14FN3S/c1-8(2)11-12(15)16-7-17-13(11)18-10-6-4-3-5-9(10)14/h3-8H,1-2H3,(H2,15,16,17). The molecule has 0 fully saturated rings. The van der Waals surface area contributed by atoms with Crippen molar-refractivity contribution < 1.29 is 4.39 Å². The van der Waals surface area contributed by atoms with Crippen molar-refractivity contribution in [2.45, 2.75) is 29.7 Å². The van der Waals surface area contributed by atoms with Gasteiger partial charge in [0.15, 0.2) is 0 Å². The van der Waals surface area contributed by atoms with Crippen LogP contribution in [0.1, 0.15) is 25.3 Å². The van der Waals surface area contributed by atoms with E-state index in [0.717, 1.165) is 5.56 Å². The summed E-state index contributed by atoms with van der Waals surface area (Å²) in [5, 5.41) is 0.711. The van der Waals surface area contributed by atoms with E-state index in [1.54, 1.807) is 18.2 Å². The van der Waals surface area contributed by atoms with Crippen molar-refractivity contribution in [3.63, 3.8) is 0 Å². The molecule has 0 spiro atoms. The van der Waals surface area contributed by atoms with Gasteiger partial charge >= 0.3 is 0 Å². The molecule has 2 N–H and O–H groups in total. The topological polar surface area (TPSA) is 51.8 Å². The molecule has 5 heteroatoms. The van der Waals surface area contributed by atoms with Crippen LogP contribution < -0.4 is 5.73 Å². The zero-order valence-electron chi connectivity index (χ0n) is 10.2. The average Bonchev–Trinajstić information content (AvgIpc) is 2.31. The molecule has 0 bridgehead atoms. The van der Waals surface area contributed by atoms with Crippen molar-refractivity contribution in [2.24, 2.45) is 0 Å². The maximum Gasteiger partial charge on any atom is 0.137 e. The summed E-state index contributed by atoms with van der Waals surface area (Å²) >= 11 is 1.28. The number of hydrogen-bond donors (Lipinski definition) is 1. The van der Waals surface area contributed by atoms with Gasteiger partial charge in [0.25, 0.3) is 0 Å². The van der Waals surface area contributed by atoms with Crippen LogP contribution in [0.4, 0.5) is 10.2 Å². The molecule has 18 heavy (non-hydrogen) atoms. The van der Waals surface area contributed by atoms with Crippen LogP contribution in [0.25, 0.3) is 0 Å². The summed E-state index contributed by atoms with van der Waals surface area (Å²) in [6.07, 6.45) is 1.41. The minimum absolute atomic E-state index is 0.195. The highest BCUT2D eigenvalue weighted by atomic mass is 32.2. The lowest BCUT2D eigenvalue weighted by Crippen LogP contribution is -2.03. The highest BCUT2D eigenvalue weighted by Gasteiger charge is 2.15. The van der Waals surface area contributed by atoms with Gasteiger partial charge in [-0.3, -0.25) is 0 Å². The molecule has 0 aliphatic rings. The van der Waals surface area contributed by atoms with Crippen LogP contribution in [0, 0.1) is 5.82 Å². The van der Waals surface area contributed by atoms with Crippen molar-refractivity contribution in [1.29, 1.82) is 0 Å². The van der Waals surface area contributed by atoms with Crippen LogP contribution in [0.2, 0.25) is 0 Å². The van der Waals surface area contributed by atoms with E-state index in [1.807, 2.05) is 13.8 Å². The Morgan fingerprint density at radius 2 is 1.94 bits per heavy atom. The maximum absolute atomic E-state index is 13.6. The van der Waals surface area contributed by atoms with Gasteiger partial charge in [0.05, 0.1) is 0 Å². The van der Waals surface area contributed by atoms with Gasteiger partial charge in [0, 0.05) is 10.5 Å². The predicted octanol–water partition coefficient (Wildman–Crippen LogP) is 3.47. The third-order valence-corrected chi connectivity index (χ3v) is 3.57. The van der Waals surface area contributed by atoms with Gasteiger partial charge in [-0.15, -0.1) is 0 Å². The lowest BCUT2D eigenvalue weighted by Gasteiger charge is -2.13. The third kappa shape index (κ3) is 2.61. The van der Waals surface area contributed by atoms with Gasteiger partial charge in [0.1, 0.15) is 23.0 Å². The summed E-state index contributed by atoms with van der Waals surface area (Å²) in [6, 6.07) is 6.62. The summed E-state index contributed by atoms with van der Waals surface area (Å²) in [4.78, 5) is 8.73. The first-order valence-corrected chi connectivity index (χ1v) is 6.44. The van der Waals surface area contributed by atoms with Crippen LogP contribution >= 0.6 is 11.8 Å². The van der Waals surface area contributed by atoms with E-state index in [0.29, 0.717) is 15.7 Å². The molecular weight excluding hydrogens is 249 g/mol. The molecule has 0 atom stereocenters. The largest absolute Gasteiger partial charge is 0.383 e. The van der Waals surface area contributed by atoms with E-state index in [4.69, 9.17) is 5.73 Å². The number of benzene rings is 1. The first-order valence-electron chi connectivity index (χ1n) is 5.62. The fourth-order valence-corrected chi connectivity index (χ4v) is 2.72. The summed E-state index contributed by atoms with van der Waals surface area (Å²) in [5.74, 6) is 0.397. The Bertz CT molecular complexity index is 558. The molecule has 94 valence electrons. The minimum Gasteiger partial charge on any atom is -0.383 e. The molecule has 0 amide bonds. The Morgan fingerprint density at radius 3 is 2.61 bits per heavy atom. The van der Waals surface area contributed by atoms with Crippen molar-refractivity contribution in [3.05, 3.63) is 42.0 Å². The van der Waals surface area contributed by atoms with Crippen molar-refractivity contribution >= 4 is 17.6 Å². The number of nitrogens with two attached hydrogens (primary N) is 1. The molecule has 0 saturated heterocycles. The SMILES string of the molecule is CC(C)c1c(N)ncnc1Sc1ccccc1F. The van der Waals surface area contributed by atoms with Crippen molar-refractivity contribution in [2.75, 3.05) is 5.73 Å². The summed E-state index contributed by atoms with van der Waals surface area (Å²) in [6.45, 7) is 4.03. The van der Waals surface area contributed by atoms with E-state index in [-0.39, 0.29) is 11.7 Å². The van der Waals surface area contributed by atoms with Gasteiger partial charge in [-0.05, 0) is 18.1 Å². The normalized spacial score (nSPS) is 10.9. The Labute approximate surface area is 110 Å². The first kappa shape index (κ1) is 12.8. The van der Waals surface area contributed by atoms with E-state index < -0.39 is 0 Å². The zero-order valence-corrected chi connectivity index (χ0v) is 11.0. The number of hydrogen-bond acceptors (Lipinski definition) is 4. The minimum atomic E-state index is -0.255. The molecule has 2 rings (SSSR count). The monoisotopic (exact) mass is 263 g/mol. The molecule has 0 saturated carbocycles. The molecule has 0 radical (unpaired) electrons. The van der Waals surface area contributed by atoms with E-state index in [9.17, 15) is 4.39 Å². The Morgan fingerprint density at radius 1 is 1.22 bits per heavy atom. The molecule has 0 aliphatic heterocycles. The highest BCUT2D eigenvalue weighted by Crippen LogP contribution is 2.35. The highest BCUT2D eigenvalue weighted by molar-refractivity contribution is 7.99. The number of nitrogen functional groups attached to an aromatic ring is 1. The van der Waals surface area contributed by atoms with Crippen LogP contribution in [0.15, 0.2) is 40.5 Å². The van der Waals surface area contributed by atoms with E-state index in [2.05, 4.69) is 9.97 Å². The number of halogens is 1. The molecule has 0 aliphatic carbocycles. The maximum atomic E-state index is 13.6.